The van der Waals surface area contributed by atoms with Crippen molar-refractivity contribution in [3.8, 4) is 0 Å². The van der Waals surface area contributed by atoms with Gasteiger partial charge in [-0.15, -0.1) is 11.3 Å². The van der Waals surface area contributed by atoms with Gasteiger partial charge in [0.05, 0.1) is 5.39 Å². The average molecular weight is 276 g/mol. The molecule has 1 unspecified atom stereocenters. The highest BCUT2D eigenvalue weighted by atomic mass is 32.1. The molecule has 1 fully saturated rings. The third-order valence-corrected chi connectivity index (χ3v) is 5.21. The van der Waals surface area contributed by atoms with E-state index in [1.807, 2.05) is 0 Å². The van der Waals surface area contributed by atoms with Crippen molar-refractivity contribution in [2.75, 3.05) is 17.7 Å². The number of aryl methyl sites for hydroxylation is 1. The van der Waals surface area contributed by atoms with Gasteiger partial charge in [0, 0.05) is 18.0 Å². The molecule has 19 heavy (non-hydrogen) atoms. The van der Waals surface area contributed by atoms with Gasteiger partial charge in [0.2, 0.25) is 5.95 Å². The zero-order valence-electron chi connectivity index (χ0n) is 11.7. The fraction of sp³-hybridized carbons (Fsp3) is 0.571. The molecule has 0 saturated heterocycles. The molecule has 0 aliphatic heterocycles. The third kappa shape index (κ3) is 2.27. The molecule has 1 aliphatic rings. The normalized spacial score (nSPS) is 16.8. The molecular weight excluding hydrogens is 256 g/mol. The molecule has 102 valence electrons. The highest BCUT2D eigenvalue weighted by Gasteiger charge is 2.32. The number of hydrogen-bond acceptors (Lipinski definition) is 5. The molecule has 0 amide bonds. The quantitative estimate of drug-likeness (QED) is 0.932. The largest absolute Gasteiger partial charge is 0.368 e. The van der Waals surface area contributed by atoms with E-state index in [0.717, 1.165) is 28.4 Å². The molecule has 2 aromatic heterocycles. The molecule has 4 nitrogen and oxygen atoms in total. The molecule has 1 atom stereocenters. The van der Waals surface area contributed by atoms with Gasteiger partial charge in [0.25, 0.3) is 0 Å². The van der Waals surface area contributed by atoms with Crippen LogP contribution in [0.15, 0.2) is 6.07 Å². The molecule has 2 heterocycles. The number of nitrogens with two attached hydrogens (primary N) is 1. The van der Waals surface area contributed by atoms with Crippen molar-refractivity contribution in [3.63, 3.8) is 0 Å². The Bertz CT molecular complexity index is 603. The zero-order chi connectivity index (χ0) is 13.6. The Kier molecular flexibility index (Phi) is 3.09. The number of aromatic nitrogens is 2. The number of nitrogen functional groups attached to an aromatic ring is 1. The first kappa shape index (κ1) is 12.7. The number of thiophene rings is 1. The van der Waals surface area contributed by atoms with Crippen molar-refractivity contribution < 1.29 is 0 Å². The van der Waals surface area contributed by atoms with Gasteiger partial charge in [-0.3, -0.25) is 0 Å². The van der Waals surface area contributed by atoms with Crippen LogP contribution >= 0.6 is 11.3 Å². The smallest absolute Gasteiger partial charge is 0.223 e. The summed E-state index contributed by atoms with van der Waals surface area (Å²) in [5, 5.41) is 1.14. The predicted molar refractivity (Wildman–Crippen MR) is 81.8 cm³/mol. The number of fused-ring (bicyclic) bond motifs is 1. The Morgan fingerprint density at radius 2 is 2.21 bits per heavy atom. The number of rotatable bonds is 4. The fourth-order valence-corrected chi connectivity index (χ4v) is 3.47. The molecule has 3 rings (SSSR count). The lowest BCUT2D eigenvalue weighted by atomic mass is 10.2. The van der Waals surface area contributed by atoms with E-state index in [9.17, 15) is 0 Å². The molecule has 0 spiro atoms. The van der Waals surface area contributed by atoms with Gasteiger partial charge >= 0.3 is 0 Å². The molecule has 5 heteroatoms. The fourth-order valence-electron chi connectivity index (χ4n) is 2.50. The number of nitrogens with zero attached hydrogens (tertiary/aromatic N) is 3. The minimum absolute atomic E-state index is 0.377. The molecule has 2 N–H and O–H groups in total. The Hall–Kier alpha value is -1.36. The maximum atomic E-state index is 5.86. The lowest BCUT2D eigenvalue weighted by Gasteiger charge is -2.26. The summed E-state index contributed by atoms with van der Waals surface area (Å²) in [6, 6.07) is 2.73. The molecular formula is C14H20N4S. The maximum Gasteiger partial charge on any atom is 0.223 e. The minimum Gasteiger partial charge on any atom is -0.368 e. The van der Waals surface area contributed by atoms with Gasteiger partial charge in [0.15, 0.2) is 0 Å². The van der Waals surface area contributed by atoms with Crippen LogP contribution in [0.25, 0.3) is 10.2 Å². The standard InChI is InChI=1S/C14H20N4S/c1-4-10-7-11-12(16-14(15)17-13(11)19-10)18(3)8(2)9-5-6-9/h7-9H,4-6H2,1-3H3,(H2,15,16,17). The first-order valence-corrected chi connectivity index (χ1v) is 7.70. The average Bonchev–Trinajstić information content (AvgIpc) is 3.16. The second-order valence-electron chi connectivity index (χ2n) is 5.38. The van der Waals surface area contributed by atoms with E-state index in [1.165, 1.54) is 17.7 Å². The second kappa shape index (κ2) is 4.63. The second-order valence-corrected chi connectivity index (χ2v) is 6.49. The summed E-state index contributed by atoms with van der Waals surface area (Å²) in [6.07, 6.45) is 3.69. The van der Waals surface area contributed by atoms with Crippen molar-refractivity contribution in [2.24, 2.45) is 5.92 Å². The van der Waals surface area contributed by atoms with Crippen molar-refractivity contribution >= 4 is 33.3 Å². The van der Waals surface area contributed by atoms with Crippen LogP contribution in [0.4, 0.5) is 11.8 Å². The van der Waals surface area contributed by atoms with Crippen LogP contribution in [0, 0.1) is 5.92 Å². The Labute approximate surface area is 117 Å². The molecule has 0 aromatic carbocycles. The predicted octanol–water partition coefficient (Wildman–Crippen LogP) is 3.07. The minimum atomic E-state index is 0.377. The lowest BCUT2D eigenvalue weighted by molar-refractivity contribution is 0.605. The summed E-state index contributed by atoms with van der Waals surface area (Å²) in [6.45, 7) is 4.44. The van der Waals surface area contributed by atoms with E-state index in [4.69, 9.17) is 5.73 Å². The van der Waals surface area contributed by atoms with Crippen LogP contribution in [-0.2, 0) is 6.42 Å². The molecule has 2 aromatic rings. The highest BCUT2D eigenvalue weighted by Crippen LogP contribution is 2.38. The van der Waals surface area contributed by atoms with Gasteiger partial charge < -0.3 is 10.6 Å². The van der Waals surface area contributed by atoms with Gasteiger partial charge in [0.1, 0.15) is 10.6 Å². The molecule has 1 aliphatic carbocycles. The summed E-state index contributed by atoms with van der Waals surface area (Å²) in [4.78, 5) is 13.5. The van der Waals surface area contributed by atoms with Crippen molar-refractivity contribution in [1.82, 2.24) is 9.97 Å². The summed E-state index contributed by atoms with van der Waals surface area (Å²) in [5.74, 6) is 2.17. The van der Waals surface area contributed by atoms with Gasteiger partial charge in [-0.25, -0.2) is 4.98 Å². The summed E-state index contributed by atoms with van der Waals surface area (Å²) >= 11 is 1.72. The van der Waals surface area contributed by atoms with Crippen LogP contribution < -0.4 is 10.6 Å². The topological polar surface area (TPSA) is 55.0 Å². The molecule has 0 bridgehead atoms. The van der Waals surface area contributed by atoms with Gasteiger partial charge in [-0.1, -0.05) is 6.92 Å². The van der Waals surface area contributed by atoms with Crippen molar-refractivity contribution in [3.05, 3.63) is 10.9 Å². The first-order valence-electron chi connectivity index (χ1n) is 6.89. The lowest BCUT2D eigenvalue weighted by Crippen LogP contribution is -2.31. The first-order chi connectivity index (χ1) is 9.10. The zero-order valence-corrected chi connectivity index (χ0v) is 12.5. The van der Waals surface area contributed by atoms with E-state index < -0.39 is 0 Å². The SMILES string of the molecule is CCc1cc2c(N(C)C(C)C3CC3)nc(N)nc2s1. The van der Waals surface area contributed by atoms with E-state index in [2.05, 4.69) is 41.8 Å². The van der Waals surface area contributed by atoms with Crippen LogP contribution in [0.5, 0.6) is 0 Å². The van der Waals surface area contributed by atoms with E-state index in [-0.39, 0.29) is 0 Å². The van der Waals surface area contributed by atoms with Gasteiger partial charge in [-0.2, -0.15) is 4.98 Å². The van der Waals surface area contributed by atoms with E-state index >= 15 is 0 Å². The van der Waals surface area contributed by atoms with Crippen molar-refractivity contribution in [2.45, 2.75) is 39.2 Å². The summed E-state index contributed by atoms with van der Waals surface area (Å²) in [7, 11) is 2.12. The molecule has 1 saturated carbocycles. The Balaban J connectivity index is 2.07. The number of anilines is 2. The summed E-state index contributed by atoms with van der Waals surface area (Å²) in [5.41, 5.74) is 5.86. The Morgan fingerprint density at radius 1 is 1.47 bits per heavy atom. The van der Waals surface area contributed by atoms with Crippen LogP contribution in [0.1, 0.15) is 31.6 Å². The summed E-state index contributed by atoms with van der Waals surface area (Å²) < 4.78 is 0. The monoisotopic (exact) mass is 276 g/mol. The van der Waals surface area contributed by atoms with Crippen LogP contribution in [0.2, 0.25) is 0 Å². The van der Waals surface area contributed by atoms with E-state index in [1.54, 1.807) is 11.3 Å². The third-order valence-electron chi connectivity index (χ3n) is 4.04. The number of hydrogen-bond donors (Lipinski definition) is 1. The highest BCUT2D eigenvalue weighted by molar-refractivity contribution is 7.18. The maximum absolute atomic E-state index is 5.86. The molecule has 0 radical (unpaired) electrons. The van der Waals surface area contributed by atoms with Crippen LogP contribution in [-0.4, -0.2) is 23.1 Å². The van der Waals surface area contributed by atoms with Crippen molar-refractivity contribution in [1.29, 1.82) is 0 Å². The van der Waals surface area contributed by atoms with Gasteiger partial charge in [-0.05, 0) is 38.2 Å². The van der Waals surface area contributed by atoms with Crippen LogP contribution in [0.3, 0.4) is 0 Å². The Morgan fingerprint density at radius 3 is 2.84 bits per heavy atom. The van der Waals surface area contributed by atoms with E-state index in [0.29, 0.717) is 12.0 Å².